The summed E-state index contributed by atoms with van der Waals surface area (Å²) in [6.45, 7) is -0.0986. The maximum Gasteiger partial charge on any atom is 0.407 e. The molecule has 3 aliphatic rings. The molecule has 4 amide bonds. The highest BCUT2D eigenvalue weighted by Gasteiger charge is 2.57. The van der Waals surface area contributed by atoms with Crippen LogP contribution >= 0.6 is 8.03 Å². The summed E-state index contributed by atoms with van der Waals surface area (Å²) in [4.78, 5) is 78.0. The maximum atomic E-state index is 16.2. The van der Waals surface area contributed by atoms with Crippen molar-refractivity contribution in [1.82, 2.24) is 51.0 Å². The van der Waals surface area contributed by atoms with Crippen molar-refractivity contribution in [2.24, 2.45) is 16.7 Å². The van der Waals surface area contributed by atoms with Gasteiger partial charge in [-0.3, -0.25) is 24.5 Å². The SMILES string of the molecule is COC(=O)N[C@H](C(=O)N[C@@H](Cc1ccc(C#Cc2cnc(N3CC4CCC(C3)N4C3COC3)nc2)cc1)[C@H](CN(Cc1c(F)cc(-c2ccn(C(F)F)n2)cc1F)NC(=O)[C@@H](NC(=O)OC)C(C)(C)C(F)(F)F)C[PH](=O)O)C(C)(C)C(F)(F)F. The number of anilines is 1. The van der Waals surface area contributed by atoms with Gasteiger partial charge in [-0.15, -0.1) is 0 Å². The lowest BCUT2D eigenvalue weighted by Gasteiger charge is -2.47. The molecule has 7 atom stereocenters. The number of hydrogen-bond acceptors (Lipinski definition) is 14. The fraction of sp³-hybridized carbons (Fsp3) is 0.528. The highest BCUT2D eigenvalue weighted by Crippen LogP contribution is 2.42. The summed E-state index contributed by atoms with van der Waals surface area (Å²) < 4.78 is 175. The average Bonchev–Trinajstić information content (AvgIpc) is 2.35. The standard InChI is InChI=1S/C53H62F10N11O9P/c1-50(2,52(58,59)60)42(67-48(77)81-5)44(75)66-41(17-30-10-7-29(8-11-30)9-12-31-20-64-47(65-21-31)71-23-34-13-14-35(24-71)74(34)36-26-83-27-36)33(28-84(79)80)22-72(70-45(76)43(68-49(78)82-6)51(3,4)53(61,62)63)25-37-38(54)18-32(19-39(37)55)40-15-16-73(69-40)46(56)57/h7-8,10-11,15-16,18-21,33-36,41-43,46,84H,13-14,17,22-28H2,1-6H3,(H,66,75)(H,67,77)(H,68,78)(H,70,76)(H,79,80)/t33-,34?,35?,41+,42-,43-/m1/s1. The van der Waals surface area contributed by atoms with Gasteiger partial charge < -0.3 is 40.0 Å². The largest absolute Gasteiger partial charge is 0.453 e. The average molecular weight is 1220 g/mol. The third kappa shape index (κ3) is 15.2. The molecule has 31 heteroatoms. The lowest BCUT2D eigenvalue weighted by atomic mass is 9.82. The van der Waals surface area contributed by atoms with Crippen molar-refractivity contribution in [3.63, 3.8) is 0 Å². The summed E-state index contributed by atoms with van der Waals surface area (Å²) in [7, 11) is -2.23. The zero-order valence-corrected chi connectivity index (χ0v) is 47.1. The number of methoxy groups -OCH3 is 2. The third-order valence-corrected chi connectivity index (χ3v) is 16.1. The summed E-state index contributed by atoms with van der Waals surface area (Å²) in [5, 5.41) is 10.2. The molecule has 5 N–H and O–H groups in total. The molecular weight excluding hydrogens is 1160 g/mol. The second kappa shape index (κ2) is 26.5. The van der Waals surface area contributed by atoms with Crippen molar-refractivity contribution in [3.8, 4) is 23.1 Å². The van der Waals surface area contributed by atoms with Gasteiger partial charge in [0, 0.05) is 91.7 Å². The van der Waals surface area contributed by atoms with Gasteiger partial charge in [0.25, 0.3) is 5.91 Å². The summed E-state index contributed by atoms with van der Waals surface area (Å²) in [6, 6.07) is 2.71. The Morgan fingerprint density at radius 2 is 1.33 bits per heavy atom. The molecule has 3 aliphatic heterocycles. The Morgan fingerprint density at radius 3 is 1.81 bits per heavy atom. The van der Waals surface area contributed by atoms with Crippen molar-refractivity contribution in [3.05, 3.63) is 94.9 Å². The van der Waals surface area contributed by atoms with Gasteiger partial charge in [0.1, 0.15) is 23.7 Å². The molecular formula is C53H62F10N11O9P. The van der Waals surface area contributed by atoms with Crippen LogP contribution in [0.1, 0.15) is 69.3 Å². The van der Waals surface area contributed by atoms with Gasteiger partial charge in [0.2, 0.25) is 11.9 Å². The summed E-state index contributed by atoms with van der Waals surface area (Å²) in [5.41, 5.74) is -4.66. The van der Waals surface area contributed by atoms with Crippen molar-refractivity contribution in [2.75, 3.05) is 58.1 Å². The van der Waals surface area contributed by atoms with E-state index >= 15 is 8.78 Å². The fourth-order valence-electron chi connectivity index (χ4n) is 10.1. The van der Waals surface area contributed by atoms with E-state index in [1.807, 2.05) is 5.32 Å². The summed E-state index contributed by atoms with van der Waals surface area (Å²) >= 11 is 0. The third-order valence-electron chi connectivity index (χ3n) is 15.2. The molecule has 3 saturated heterocycles. The number of hydrogen-bond donors (Lipinski definition) is 5. The highest BCUT2D eigenvalue weighted by molar-refractivity contribution is 7.38. The van der Waals surface area contributed by atoms with Crippen molar-refractivity contribution in [2.45, 2.75) is 109 Å². The van der Waals surface area contributed by atoms with E-state index in [1.165, 1.54) is 24.3 Å². The minimum atomic E-state index is -5.26. The van der Waals surface area contributed by atoms with E-state index in [-0.39, 0.29) is 21.5 Å². The molecule has 4 aromatic rings. The number of piperazine rings is 1. The quantitative estimate of drug-likeness (QED) is 0.0252. The minimum Gasteiger partial charge on any atom is -0.453 e. The van der Waals surface area contributed by atoms with E-state index in [2.05, 4.69) is 56.9 Å². The highest BCUT2D eigenvalue weighted by atomic mass is 31.1. The number of benzene rings is 2. The van der Waals surface area contributed by atoms with E-state index in [0.29, 0.717) is 80.0 Å². The molecule has 0 spiro atoms. The molecule has 2 aromatic heterocycles. The van der Waals surface area contributed by atoms with Crippen LogP contribution in [0.2, 0.25) is 0 Å². The van der Waals surface area contributed by atoms with Crippen LogP contribution in [0.4, 0.5) is 59.4 Å². The Bertz CT molecular complexity index is 3050. The number of amides is 4. The van der Waals surface area contributed by atoms with Crippen LogP contribution in [0.3, 0.4) is 0 Å². The number of alkyl carbamates (subject to hydrolysis) is 2. The number of halogens is 10. The van der Waals surface area contributed by atoms with E-state index in [4.69, 9.17) is 4.74 Å². The number of hydrazine groups is 1. The minimum absolute atomic E-state index is 0.188. The van der Waals surface area contributed by atoms with E-state index in [9.17, 15) is 63.8 Å². The summed E-state index contributed by atoms with van der Waals surface area (Å²) in [6.07, 6.45) is -8.76. The van der Waals surface area contributed by atoms with Crippen LogP contribution in [0.15, 0.2) is 61.1 Å². The number of fused-ring (bicyclic) bond motifs is 2. The second-order valence-electron chi connectivity index (χ2n) is 21.6. The topological polar surface area (TPSA) is 235 Å². The van der Waals surface area contributed by atoms with E-state index in [1.54, 1.807) is 17.7 Å². The molecule has 84 heavy (non-hydrogen) atoms. The Labute approximate surface area is 476 Å². The molecule has 3 unspecified atom stereocenters. The maximum absolute atomic E-state index is 16.2. The fourth-order valence-corrected chi connectivity index (χ4v) is 11.0. The molecule has 0 aliphatic carbocycles. The first kappa shape index (κ1) is 64.5. The lowest BCUT2D eigenvalue weighted by Crippen LogP contribution is -2.63. The molecule has 0 radical (unpaired) electrons. The molecule has 0 saturated carbocycles. The zero-order valence-electron chi connectivity index (χ0n) is 46.1. The molecule has 2 aromatic carbocycles. The smallest absolute Gasteiger partial charge is 0.407 e. The Hall–Kier alpha value is -7.06. The molecule has 7 rings (SSSR count). The van der Waals surface area contributed by atoms with Gasteiger partial charge in [0.15, 0.2) is 8.03 Å². The number of carbonyl (C=O) groups excluding carboxylic acids is 4. The molecule has 2 bridgehead atoms. The number of nitrogens with one attached hydrogen (secondary N) is 4. The molecule has 3 fully saturated rings. The van der Waals surface area contributed by atoms with Gasteiger partial charge in [0.05, 0.1) is 55.6 Å². The van der Waals surface area contributed by atoms with Crippen LogP contribution in [-0.2, 0) is 41.3 Å². The number of nitrogens with zero attached hydrogens (tertiary/aromatic N) is 7. The lowest BCUT2D eigenvalue weighted by molar-refractivity contribution is -0.221. The van der Waals surface area contributed by atoms with Crippen LogP contribution in [0, 0.1) is 40.2 Å². The van der Waals surface area contributed by atoms with Crippen LogP contribution in [0.25, 0.3) is 11.3 Å². The van der Waals surface area contributed by atoms with Crippen LogP contribution in [-0.4, -0.2) is 160 Å². The first-order valence-corrected chi connectivity index (χ1v) is 27.7. The van der Waals surface area contributed by atoms with Crippen molar-refractivity contribution < 1.29 is 86.8 Å². The molecule has 5 heterocycles. The van der Waals surface area contributed by atoms with E-state index < -0.39 is 129 Å². The van der Waals surface area contributed by atoms with Crippen molar-refractivity contribution in [1.29, 1.82) is 0 Å². The second-order valence-corrected chi connectivity index (χ2v) is 22.8. The van der Waals surface area contributed by atoms with Gasteiger partial charge in [-0.2, -0.15) is 40.2 Å². The number of ether oxygens (including phenoxy) is 3. The number of aromatic nitrogens is 4. The van der Waals surface area contributed by atoms with Gasteiger partial charge in [-0.05, 0) is 82.9 Å². The van der Waals surface area contributed by atoms with Gasteiger partial charge in [-0.1, -0.05) is 24.0 Å². The number of carbonyl (C=O) groups is 4. The first-order chi connectivity index (χ1) is 39.4. The van der Waals surface area contributed by atoms with Gasteiger partial charge >= 0.3 is 31.1 Å². The summed E-state index contributed by atoms with van der Waals surface area (Å²) in [5.74, 6) is -1.26. The van der Waals surface area contributed by atoms with Crippen molar-refractivity contribution >= 4 is 38.0 Å². The number of alkyl halides is 8. The molecule has 20 nitrogen and oxygen atoms in total. The van der Waals surface area contributed by atoms with E-state index in [0.717, 1.165) is 65.6 Å². The predicted molar refractivity (Wildman–Crippen MR) is 281 cm³/mol. The monoisotopic (exact) mass is 1220 g/mol. The first-order valence-electron chi connectivity index (χ1n) is 26.1. The Kier molecular flexibility index (Phi) is 20.3. The predicted octanol–water partition coefficient (Wildman–Crippen LogP) is 6.74. The Morgan fingerprint density at radius 1 is 0.798 bits per heavy atom. The van der Waals surface area contributed by atoms with Crippen LogP contribution in [0.5, 0.6) is 0 Å². The Balaban J connectivity index is 1.23. The zero-order chi connectivity index (χ0) is 61.6. The number of rotatable bonds is 21. The molecule has 458 valence electrons. The van der Waals surface area contributed by atoms with Crippen LogP contribution < -0.4 is 26.3 Å². The normalized spacial score (nSPS) is 18.6. The van der Waals surface area contributed by atoms with Gasteiger partial charge in [-0.25, -0.2) is 38.0 Å².